The Bertz CT molecular complexity index is 551. The first kappa shape index (κ1) is 19.3. The number of aliphatic imine (C=N–C) groups is 1. The highest BCUT2D eigenvalue weighted by atomic mass is 127. The van der Waals surface area contributed by atoms with Crippen LogP contribution in [-0.2, 0) is 4.79 Å². The minimum absolute atomic E-state index is 0. The number of hydrogen-bond acceptors (Lipinski definition) is 4. The normalized spacial score (nSPS) is 18.2. The molecule has 1 aromatic heterocycles. The zero-order valence-corrected chi connectivity index (χ0v) is 17.4. The number of carbonyl (C=O) groups excluding carboxylic acids is 1. The summed E-state index contributed by atoms with van der Waals surface area (Å²) in [5, 5.41) is 6.95. The van der Waals surface area contributed by atoms with Crippen molar-refractivity contribution in [2.45, 2.75) is 18.9 Å². The highest BCUT2D eigenvalue weighted by Crippen LogP contribution is 2.23. The van der Waals surface area contributed by atoms with Gasteiger partial charge < -0.3 is 20.0 Å². The maximum atomic E-state index is 11.8. The van der Waals surface area contributed by atoms with E-state index >= 15 is 0 Å². The van der Waals surface area contributed by atoms with E-state index in [1.165, 1.54) is 17.8 Å². The fraction of sp³-hybridized carbons (Fsp3) is 0.625. The van der Waals surface area contributed by atoms with Gasteiger partial charge in [-0.1, -0.05) is 0 Å². The van der Waals surface area contributed by atoms with E-state index in [0.29, 0.717) is 6.04 Å². The van der Waals surface area contributed by atoms with Crippen LogP contribution < -0.4 is 10.2 Å². The molecule has 1 aliphatic carbocycles. The Labute approximate surface area is 164 Å². The third-order valence-corrected chi connectivity index (χ3v) is 5.10. The first-order valence-electron chi connectivity index (χ1n) is 8.18. The Morgan fingerprint density at radius 3 is 2.58 bits per heavy atom. The molecule has 8 heteroatoms. The van der Waals surface area contributed by atoms with Gasteiger partial charge in [0.15, 0.2) is 5.96 Å². The first-order chi connectivity index (χ1) is 11.1. The lowest BCUT2D eigenvalue weighted by molar-refractivity contribution is -0.127. The Morgan fingerprint density at radius 2 is 2.04 bits per heavy atom. The van der Waals surface area contributed by atoms with Gasteiger partial charge in [-0.15, -0.1) is 35.3 Å². The summed E-state index contributed by atoms with van der Waals surface area (Å²) in [6.07, 6.45) is 2.41. The smallest absolute Gasteiger partial charge is 0.243 e. The largest absolute Gasteiger partial charge is 0.360 e. The van der Waals surface area contributed by atoms with Crippen molar-refractivity contribution < 1.29 is 4.79 Å². The van der Waals surface area contributed by atoms with Gasteiger partial charge in [0.1, 0.15) is 6.54 Å². The van der Waals surface area contributed by atoms with Crippen LogP contribution in [0.5, 0.6) is 0 Å². The Morgan fingerprint density at radius 1 is 1.33 bits per heavy atom. The summed E-state index contributed by atoms with van der Waals surface area (Å²) in [7, 11) is 3.54. The lowest BCUT2D eigenvalue weighted by Crippen LogP contribution is -2.53. The molecule has 0 spiro atoms. The Balaban J connectivity index is 0.00000208. The van der Waals surface area contributed by atoms with Crippen LogP contribution in [0.3, 0.4) is 0 Å². The van der Waals surface area contributed by atoms with Gasteiger partial charge in [0.05, 0.1) is 5.00 Å². The molecule has 2 fully saturated rings. The molecular formula is C16H26IN5OS. The molecule has 1 amide bonds. The topological polar surface area (TPSA) is 51.2 Å². The molecule has 6 nitrogen and oxygen atoms in total. The van der Waals surface area contributed by atoms with Crippen molar-refractivity contribution in [3.63, 3.8) is 0 Å². The molecule has 1 saturated carbocycles. The van der Waals surface area contributed by atoms with Gasteiger partial charge in [0, 0.05) is 46.3 Å². The summed E-state index contributed by atoms with van der Waals surface area (Å²) in [5.74, 6) is 0.936. The van der Waals surface area contributed by atoms with Crippen LogP contribution in [0.25, 0.3) is 0 Å². The molecule has 0 aromatic carbocycles. The van der Waals surface area contributed by atoms with Crippen LogP contribution >= 0.6 is 35.3 Å². The van der Waals surface area contributed by atoms with Crippen LogP contribution in [0.4, 0.5) is 5.00 Å². The van der Waals surface area contributed by atoms with Crippen molar-refractivity contribution >= 4 is 52.2 Å². The molecule has 1 saturated heterocycles. The number of likely N-dealkylation sites (N-methyl/N-ethyl adjacent to an activating group) is 1. The summed E-state index contributed by atoms with van der Waals surface area (Å²) in [4.78, 5) is 22.7. The molecule has 134 valence electrons. The van der Waals surface area contributed by atoms with Crippen LogP contribution in [-0.4, -0.2) is 74.5 Å². The van der Waals surface area contributed by atoms with Gasteiger partial charge in [0.2, 0.25) is 5.91 Å². The number of hydrogen-bond donors (Lipinski definition) is 1. The maximum Gasteiger partial charge on any atom is 0.243 e. The molecule has 3 rings (SSSR count). The van der Waals surface area contributed by atoms with Gasteiger partial charge >= 0.3 is 0 Å². The molecule has 24 heavy (non-hydrogen) atoms. The lowest BCUT2D eigenvalue weighted by Gasteiger charge is -2.37. The number of rotatable bonds is 4. The van der Waals surface area contributed by atoms with Crippen molar-refractivity contribution in [3.05, 3.63) is 17.5 Å². The summed E-state index contributed by atoms with van der Waals surface area (Å²) >= 11 is 1.79. The zero-order valence-electron chi connectivity index (χ0n) is 14.3. The first-order valence-corrected chi connectivity index (χ1v) is 9.06. The van der Waals surface area contributed by atoms with E-state index in [0.717, 1.165) is 32.1 Å². The van der Waals surface area contributed by atoms with Crippen LogP contribution in [0.15, 0.2) is 22.5 Å². The van der Waals surface area contributed by atoms with Gasteiger partial charge in [-0.05, 0) is 30.4 Å². The predicted octanol–water partition coefficient (Wildman–Crippen LogP) is 1.68. The third-order valence-electron chi connectivity index (χ3n) is 4.17. The van der Waals surface area contributed by atoms with Gasteiger partial charge in [-0.2, -0.15) is 0 Å². The number of carbonyl (C=O) groups is 1. The second kappa shape index (κ2) is 8.89. The fourth-order valence-electron chi connectivity index (χ4n) is 2.52. The standard InChI is InChI=1S/C16H25N5OS.HI/c1-19(2)14(22)12-17-16(18-13-5-6-13)21-9-7-20(8-10-21)15-4-3-11-23-15;/h3-4,11,13H,5-10,12H2,1-2H3,(H,17,18);1H. The Hall–Kier alpha value is -1.03. The number of nitrogens with one attached hydrogen (secondary N) is 1. The molecule has 0 atom stereocenters. The van der Waals surface area contributed by atoms with Crippen LogP contribution in [0, 0.1) is 0 Å². The molecule has 2 aliphatic rings. The van der Waals surface area contributed by atoms with Crippen molar-refractivity contribution in [3.8, 4) is 0 Å². The number of guanidine groups is 1. The summed E-state index contributed by atoms with van der Waals surface area (Å²) in [5.41, 5.74) is 0. The van der Waals surface area contributed by atoms with E-state index < -0.39 is 0 Å². The number of piperazine rings is 1. The van der Waals surface area contributed by atoms with E-state index in [1.54, 1.807) is 30.3 Å². The highest BCUT2D eigenvalue weighted by molar-refractivity contribution is 14.0. The minimum atomic E-state index is 0. The SMILES string of the molecule is CN(C)C(=O)CN=C(NC1CC1)N1CCN(c2cccs2)CC1.I. The second-order valence-electron chi connectivity index (χ2n) is 6.27. The van der Waals surface area contributed by atoms with Gasteiger partial charge in [-0.3, -0.25) is 4.79 Å². The molecule has 0 bridgehead atoms. The monoisotopic (exact) mass is 463 g/mol. The molecule has 2 heterocycles. The van der Waals surface area contributed by atoms with E-state index in [1.807, 2.05) is 0 Å². The van der Waals surface area contributed by atoms with E-state index in [4.69, 9.17) is 0 Å². The average molecular weight is 463 g/mol. The van der Waals surface area contributed by atoms with E-state index in [9.17, 15) is 4.79 Å². The Kier molecular flexibility index (Phi) is 7.15. The number of halogens is 1. The van der Waals surface area contributed by atoms with Gasteiger partial charge in [-0.25, -0.2) is 4.99 Å². The van der Waals surface area contributed by atoms with Crippen molar-refractivity contribution in [1.82, 2.24) is 15.1 Å². The minimum Gasteiger partial charge on any atom is -0.360 e. The zero-order chi connectivity index (χ0) is 16.2. The maximum absolute atomic E-state index is 11.8. The van der Waals surface area contributed by atoms with E-state index in [-0.39, 0.29) is 36.4 Å². The van der Waals surface area contributed by atoms with Crippen LogP contribution in [0.2, 0.25) is 0 Å². The number of thiophene rings is 1. The summed E-state index contributed by atoms with van der Waals surface area (Å²) in [6, 6.07) is 4.81. The lowest BCUT2D eigenvalue weighted by atomic mass is 10.3. The average Bonchev–Trinajstić information content (AvgIpc) is 3.21. The number of nitrogens with zero attached hydrogens (tertiary/aromatic N) is 4. The van der Waals surface area contributed by atoms with E-state index in [2.05, 4.69) is 37.6 Å². The van der Waals surface area contributed by atoms with Gasteiger partial charge in [0.25, 0.3) is 0 Å². The number of anilines is 1. The van der Waals surface area contributed by atoms with Crippen molar-refractivity contribution in [2.24, 2.45) is 4.99 Å². The van der Waals surface area contributed by atoms with Crippen LogP contribution in [0.1, 0.15) is 12.8 Å². The quantitative estimate of drug-likeness (QED) is 0.420. The number of amides is 1. The highest BCUT2D eigenvalue weighted by Gasteiger charge is 2.27. The summed E-state index contributed by atoms with van der Waals surface area (Å²) in [6.45, 7) is 4.08. The van der Waals surface area contributed by atoms with Crippen molar-refractivity contribution in [1.29, 1.82) is 0 Å². The predicted molar refractivity (Wildman–Crippen MR) is 111 cm³/mol. The summed E-state index contributed by atoms with van der Waals surface area (Å²) < 4.78 is 0. The fourth-order valence-corrected chi connectivity index (χ4v) is 3.30. The molecular weight excluding hydrogens is 437 g/mol. The molecule has 1 aliphatic heterocycles. The molecule has 0 unspecified atom stereocenters. The second-order valence-corrected chi connectivity index (χ2v) is 7.20. The van der Waals surface area contributed by atoms with Crippen molar-refractivity contribution in [2.75, 3.05) is 51.7 Å². The molecule has 1 N–H and O–H groups in total. The molecule has 0 radical (unpaired) electrons. The third kappa shape index (κ3) is 5.23. The molecule has 1 aromatic rings.